The maximum absolute atomic E-state index is 11.6. The molecule has 0 radical (unpaired) electrons. The number of anilines is 1. The van der Waals surface area contributed by atoms with Crippen molar-refractivity contribution < 1.29 is 58.1 Å². The van der Waals surface area contributed by atoms with Gasteiger partial charge >= 0.3 is 5.97 Å². The molecule has 0 saturated carbocycles. The second-order valence-electron chi connectivity index (χ2n) is 22.9. The molecule has 1 unspecified atom stereocenters. The van der Waals surface area contributed by atoms with E-state index in [2.05, 4.69) is 252 Å². The van der Waals surface area contributed by atoms with E-state index in [1.54, 1.807) is 6.07 Å². The van der Waals surface area contributed by atoms with Gasteiger partial charge in [-0.25, -0.2) is 0 Å². The van der Waals surface area contributed by atoms with E-state index >= 15 is 0 Å². The predicted octanol–water partition coefficient (Wildman–Crippen LogP) is 10.9. The first kappa shape index (κ1) is 61.8. The first-order valence-corrected chi connectivity index (χ1v) is 28.1. The monoisotopic (exact) mass is 1170 g/mol. The van der Waals surface area contributed by atoms with Gasteiger partial charge in [0.1, 0.15) is 31.3 Å². The van der Waals surface area contributed by atoms with Crippen LogP contribution in [-0.4, -0.2) is 63.8 Å². The SMILES string of the molecule is CC(=O)Cl.CC(=O)Oc1ccc2ccccc2c1/C=C/C1=[N+](C)c2ccccc2C1(C)C.CN1c2ccccc2C(C)(C)C12C=Cc1c(ccc3ccccc13)O2.C[N+]1=C(/C=C/c2c(O)ccc3ccccc23)C(C)(C)c2ccccc21.[Cl-].[Cl-]. The molecule has 4 aliphatic rings. The Bertz CT molecular complexity index is 4190. The average molecular weight is 1180 g/mol. The highest BCUT2D eigenvalue weighted by molar-refractivity contribution is 6.62. The van der Waals surface area contributed by atoms with Crippen molar-refractivity contribution in [2.45, 2.75) is 77.4 Å². The fourth-order valence-corrected chi connectivity index (χ4v) is 12.6. The molecule has 4 aliphatic heterocycles. The largest absolute Gasteiger partial charge is 1.00 e. The number of phenolic OH excluding ortho intramolecular Hbond substituents is 1. The maximum atomic E-state index is 11.6. The van der Waals surface area contributed by atoms with E-state index in [0.29, 0.717) is 11.5 Å². The van der Waals surface area contributed by atoms with Crippen molar-refractivity contribution in [3.8, 4) is 17.2 Å². The predicted molar refractivity (Wildman–Crippen MR) is 340 cm³/mol. The number of esters is 1. The molecule has 0 aromatic heterocycles. The molecule has 9 aromatic carbocycles. The van der Waals surface area contributed by atoms with Gasteiger partial charge in [0.2, 0.25) is 22.3 Å². The number of hydrogen-bond donors (Lipinski definition) is 1. The summed E-state index contributed by atoms with van der Waals surface area (Å²) >= 11 is 4.64. The number of nitrogens with zero attached hydrogens (tertiary/aromatic N) is 3. The Labute approximate surface area is 511 Å². The number of phenols is 1. The highest BCUT2D eigenvalue weighted by atomic mass is 35.5. The van der Waals surface area contributed by atoms with Crippen LogP contribution in [0.5, 0.6) is 17.2 Å². The van der Waals surface area contributed by atoms with E-state index in [-0.39, 0.29) is 52.3 Å². The molecule has 8 nitrogen and oxygen atoms in total. The Hall–Kier alpha value is -8.27. The Morgan fingerprint density at radius 2 is 0.976 bits per heavy atom. The molecule has 0 amide bonds. The molecule has 1 spiro atoms. The number of allylic oxidation sites excluding steroid dienone is 2. The van der Waals surface area contributed by atoms with Crippen molar-refractivity contribution in [2.75, 3.05) is 26.0 Å². The van der Waals surface area contributed by atoms with Gasteiger partial charge in [0, 0.05) is 78.7 Å². The van der Waals surface area contributed by atoms with Crippen LogP contribution in [0.15, 0.2) is 200 Å². The minimum absolute atomic E-state index is 0. The van der Waals surface area contributed by atoms with Gasteiger partial charge in [-0.2, -0.15) is 9.15 Å². The molecule has 1 atom stereocenters. The molecular weight excluding hydrogens is 1110 g/mol. The molecule has 0 bridgehead atoms. The van der Waals surface area contributed by atoms with Crippen molar-refractivity contribution in [3.05, 3.63) is 234 Å². The fourth-order valence-electron chi connectivity index (χ4n) is 12.6. The van der Waals surface area contributed by atoms with Gasteiger partial charge in [-0.15, -0.1) is 0 Å². The van der Waals surface area contributed by atoms with Gasteiger partial charge in [0.05, 0.1) is 16.2 Å². The summed E-state index contributed by atoms with van der Waals surface area (Å²) in [6.07, 6.45) is 12.9. The van der Waals surface area contributed by atoms with Crippen molar-refractivity contribution >= 4 is 102 Å². The number of likely N-dealkylation sites (N-methyl/N-ethyl adjacent to an activating group) is 1. The molecule has 11 heteroatoms. The van der Waals surface area contributed by atoms with Crippen LogP contribution in [0.25, 0.3) is 50.5 Å². The molecule has 13 rings (SSSR count). The maximum Gasteiger partial charge on any atom is 0.308 e. The third kappa shape index (κ3) is 11.2. The van der Waals surface area contributed by atoms with Crippen molar-refractivity contribution in [3.63, 3.8) is 0 Å². The molecule has 0 aliphatic carbocycles. The summed E-state index contributed by atoms with van der Waals surface area (Å²) in [4.78, 5) is 23.1. The van der Waals surface area contributed by atoms with Crippen molar-refractivity contribution in [2.24, 2.45) is 0 Å². The van der Waals surface area contributed by atoms with Crippen molar-refractivity contribution in [1.29, 1.82) is 0 Å². The summed E-state index contributed by atoms with van der Waals surface area (Å²) in [5.74, 6) is 1.53. The van der Waals surface area contributed by atoms with E-state index in [0.717, 1.165) is 38.4 Å². The number of carbonyl (C=O) groups is 2. The smallest absolute Gasteiger partial charge is 0.308 e. The van der Waals surface area contributed by atoms with E-state index in [9.17, 15) is 14.7 Å². The summed E-state index contributed by atoms with van der Waals surface area (Å²) < 4.78 is 16.7. The Balaban J connectivity index is 0.000000157. The molecule has 84 heavy (non-hydrogen) atoms. The van der Waals surface area contributed by atoms with Crippen LogP contribution in [0, 0.1) is 0 Å². The van der Waals surface area contributed by atoms with Gasteiger partial charge in [-0.1, -0.05) is 146 Å². The van der Waals surface area contributed by atoms with Crippen LogP contribution in [0.1, 0.15) is 88.8 Å². The summed E-state index contributed by atoms with van der Waals surface area (Å²) in [7, 11) is 6.34. The van der Waals surface area contributed by atoms with E-state index < -0.39 is 5.72 Å². The van der Waals surface area contributed by atoms with Crippen LogP contribution in [0.2, 0.25) is 0 Å². The number of fused-ring (bicyclic) bond motifs is 8. The van der Waals surface area contributed by atoms with Crippen molar-refractivity contribution in [1.82, 2.24) is 0 Å². The molecule has 0 saturated heterocycles. The van der Waals surface area contributed by atoms with Crippen LogP contribution >= 0.6 is 11.6 Å². The highest BCUT2D eigenvalue weighted by Crippen LogP contribution is 2.55. The van der Waals surface area contributed by atoms with Gasteiger partial charge in [-0.3, -0.25) is 9.59 Å². The molecule has 0 fully saturated rings. The number of ether oxygens (including phenoxy) is 2. The van der Waals surface area contributed by atoms with E-state index in [4.69, 9.17) is 9.47 Å². The zero-order valence-electron chi connectivity index (χ0n) is 49.3. The lowest BCUT2D eigenvalue weighted by Crippen LogP contribution is -3.00. The Kier molecular flexibility index (Phi) is 18.0. The number of benzene rings is 9. The molecule has 9 aromatic rings. The zero-order valence-corrected chi connectivity index (χ0v) is 51.6. The molecule has 428 valence electrons. The first-order valence-electron chi connectivity index (χ1n) is 27.7. The number of carbonyl (C=O) groups excluding carboxylic acids is 2. The van der Waals surface area contributed by atoms with Gasteiger partial charge in [0.25, 0.3) is 0 Å². The molecule has 4 heterocycles. The quantitative estimate of drug-likeness (QED) is 0.0800. The highest BCUT2D eigenvalue weighted by Gasteiger charge is 2.57. The summed E-state index contributed by atoms with van der Waals surface area (Å²) in [5, 5.41) is 16.9. The first-order chi connectivity index (χ1) is 39.2. The number of hydrogen-bond acceptors (Lipinski definition) is 6. The Morgan fingerprint density at radius 1 is 0.548 bits per heavy atom. The lowest BCUT2D eigenvalue weighted by molar-refractivity contribution is -0.401. The van der Waals surface area contributed by atoms with E-state index in [1.807, 2.05) is 48.5 Å². The fraction of sp³-hybridized carbons (Fsp3) is 0.205. The zero-order chi connectivity index (χ0) is 58.3. The van der Waals surface area contributed by atoms with Crippen LogP contribution in [-0.2, 0) is 25.8 Å². The minimum atomic E-state index is -0.508. The van der Waals surface area contributed by atoms with Crippen LogP contribution in [0.4, 0.5) is 17.1 Å². The summed E-state index contributed by atoms with van der Waals surface area (Å²) in [6, 6.07) is 62.2. The molecular formula is C73H70Cl3N3O5. The number of aromatic hydroxyl groups is 1. The number of halogens is 3. The van der Waals surface area contributed by atoms with E-state index in [1.165, 1.54) is 75.4 Å². The van der Waals surface area contributed by atoms with Crippen LogP contribution < -0.4 is 39.2 Å². The van der Waals surface area contributed by atoms with Crippen LogP contribution in [0.3, 0.4) is 0 Å². The number of para-hydroxylation sites is 3. The Morgan fingerprint density at radius 3 is 1.50 bits per heavy atom. The normalized spacial score (nSPS) is 16.9. The minimum Gasteiger partial charge on any atom is -1.00 e. The third-order valence-corrected chi connectivity index (χ3v) is 16.8. The average Bonchev–Trinajstić information content (AvgIpc) is 2.21. The second kappa shape index (κ2) is 24.5. The number of rotatable bonds is 5. The van der Waals surface area contributed by atoms with Gasteiger partial charge in [0.15, 0.2) is 11.4 Å². The van der Waals surface area contributed by atoms with Gasteiger partial charge < -0.3 is 44.3 Å². The summed E-state index contributed by atoms with van der Waals surface area (Å²) in [5.41, 5.74) is 12.2. The second-order valence-corrected chi connectivity index (χ2v) is 23.4. The topological polar surface area (TPSA) is 82.1 Å². The van der Waals surface area contributed by atoms with Gasteiger partial charge in [-0.05, 0) is 140 Å². The third-order valence-electron chi connectivity index (χ3n) is 16.8. The lowest BCUT2D eigenvalue weighted by Gasteiger charge is -2.46. The molecule has 1 N–H and O–H groups in total. The lowest BCUT2D eigenvalue weighted by atomic mass is 9.76. The standard InChI is InChI=1S/C25H24NO2.2C23H21NO.C2H3ClO.2ClH/c1-17(27)28-23-15-13-18-9-5-6-10-19(18)20(23)14-16-24-25(2,3)21-11-7-8-12-22(21)26(24)4;1-22(2)19-10-6-7-11-20(19)24(3)23(22)15-14-18-17-9-5-4-8-16(17)12-13-21(18)25-23;1-23(2)19-10-6-7-11-20(19)24(3)22(23)15-13-18-17-9-5-4-8-16(17)12-14-21(18)25;1-2(3)4;;/h5-16H,1-4H3;2*4-15H,1-3H3;1H3;2*1H/q+1;;;;;/p-1/b16-14+;;;;;. The summed E-state index contributed by atoms with van der Waals surface area (Å²) in [6.45, 7) is 16.2.